The number of rotatable bonds is 41. The second-order valence-corrected chi connectivity index (χ2v) is 36.7. The molecule has 0 bridgehead atoms. The van der Waals surface area contributed by atoms with Crippen molar-refractivity contribution >= 4 is 77.6 Å². The predicted molar refractivity (Wildman–Crippen MR) is 538 cm³/mol. The molecule has 1 atom stereocenters. The molecule has 7 aromatic rings. The van der Waals surface area contributed by atoms with Crippen molar-refractivity contribution in [3.63, 3.8) is 0 Å². The Morgan fingerprint density at radius 2 is 0.469 bits per heavy atom. The van der Waals surface area contributed by atoms with E-state index in [1.807, 2.05) is 44.2 Å². The Labute approximate surface area is 844 Å². The minimum Gasteiger partial charge on any atom is -0.465 e. The van der Waals surface area contributed by atoms with Gasteiger partial charge in [-0.25, -0.2) is 43.2 Å². The molecular weight excluding hydrogens is 1830 g/mol. The monoisotopic (exact) mass is 1980 g/mol. The van der Waals surface area contributed by atoms with Gasteiger partial charge in [-0.1, -0.05) is 279 Å². The number of carbonyl (C=O) groups excluding carboxylic acids is 13. The molecule has 0 spiro atoms. The summed E-state index contributed by atoms with van der Waals surface area (Å²) in [7, 11) is 0. The van der Waals surface area contributed by atoms with Gasteiger partial charge in [0.1, 0.15) is 65.6 Å². The van der Waals surface area contributed by atoms with Gasteiger partial charge in [0.2, 0.25) is 0 Å². The maximum atomic E-state index is 12.7. The van der Waals surface area contributed by atoms with E-state index in [4.69, 9.17) is 71.7 Å². The van der Waals surface area contributed by atoms with E-state index in [1.165, 1.54) is 12.8 Å². The van der Waals surface area contributed by atoms with Crippen LogP contribution in [0.5, 0.6) is 0 Å². The largest absolute Gasteiger partial charge is 0.465 e. The van der Waals surface area contributed by atoms with Gasteiger partial charge < -0.3 is 52.1 Å². The van der Waals surface area contributed by atoms with Crippen molar-refractivity contribution in [3.05, 3.63) is 251 Å². The Morgan fingerprint density at radius 3 is 0.727 bits per heavy atom. The molecule has 0 aromatic heterocycles. The highest BCUT2D eigenvalue weighted by atomic mass is 17.2. The summed E-state index contributed by atoms with van der Waals surface area (Å²) in [5.41, 5.74) is 1.53. The molecule has 0 N–H and O–H groups in total. The zero-order valence-corrected chi connectivity index (χ0v) is 81.4. The lowest BCUT2D eigenvalue weighted by atomic mass is 9.86. The van der Waals surface area contributed by atoms with Gasteiger partial charge in [0.15, 0.2) is 6.10 Å². The maximum Gasteiger partial charge on any atom is 0.345 e. The van der Waals surface area contributed by atoms with Crippen LogP contribution in [0.3, 0.4) is 0 Å². The summed E-state index contributed by atoms with van der Waals surface area (Å²) in [6, 6.07) is 60.8. The van der Waals surface area contributed by atoms with Crippen LogP contribution in [-0.4, -0.2) is 162 Å². The van der Waals surface area contributed by atoms with Crippen molar-refractivity contribution in [1.82, 2.24) is 0 Å². The molecule has 1 unspecified atom stereocenters. The average Bonchev–Trinajstić information content (AvgIpc) is 0.838. The average molecular weight is 1980 g/mol. The fraction of sp³-hybridized carbons (Fsp3) is 0.522. The molecule has 6 fully saturated rings. The van der Waals surface area contributed by atoms with Crippen LogP contribution in [0.15, 0.2) is 212 Å². The molecule has 6 saturated carbocycles. The van der Waals surface area contributed by atoms with E-state index in [2.05, 4.69) is 0 Å². The van der Waals surface area contributed by atoms with Gasteiger partial charge in [-0.2, -0.15) is 9.78 Å². The minimum atomic E-state index is -0.861. The minimum absolute atomic E-state index is 0. The van der Waals surface area contributed by atoms with Gasteiger partial charge in [0.05, 0.1) is 98.5 Å². The molecule has 7 aromatic carbocycles. The number of benzene rings is 7. The molecule has 13 rings (SSSR count). The molecular formula is C115H152O28. The normalized spacial score (nSPS) is 15.3. The molecule has 6 aliphatic rings. The number of ether oxygens (including phenoxy) is 11. The van der Waals surface area contributed by atoms with Crippen molar-refractivity contribution in [2.24, 2.45) is 46.3 Å². The van der Waals surface area contributed by atoms with Crippen molar-refractivity contribution in [2.75, 3.05) is 72.7 Å². The second kappa shape index (κ2) is 67.9. The van der Waals surface area contributed by atoms with Crippen LogP contribution in [0, 0.1) is 46.3 Å². The Morgan fingerprint density at radius 1 is 0.252 bits per heavy atom. The summed E-state index contributed by atoms with van der Waals surface area (Å²) >= 11 is 0. The molecule has 6 aliphatic carbocycles. The van der Waals surface area contributed by atoms with Gasteiger partial charge in [0.25, 0.3) is 0 Å². The number of hydrogen-bond donors (Lipinski definition) is 0. The smallest absolute Gasteiger partial charge is 0.345 e. The van der Waals surface area contributed by atoms with Crippen molar-refractivity contribution in [3.8, 4) is 0 Å². The van der Waals surface area contributed by atoms with Crippen molar-refractivity contribution in [1.29, 1.82) is 0 Å². The highest BCUT2D eigenvalue weighted by molar-refractivity contribution is 5.93. The van der Waals surface area contributed by atoms with Crippen LogP contribution in [-0.2, 0) is 100 Å². The standard InChI is InChI=1S/C27H38O6.C27H32O6.C24H26O6.2C17H22O5.3CH4/c2*1-2-27(18-31-24(28)21-12-6-3-7-13-21,19-32-25(29)22-14-8-4-9-15-22)20-33-26(30)23-16-10-5-11-17-23;25-22(18-10-4-1-5-11-18)28-16-21(30-24(27)20-14-8-3-9-15-20)17-29-23(26)19-12-6-2-7-13-19;1-13(12-20-16(18)14-8-4-2-5-9-14)21-22-17(19)15-10-6-3-7-11-15;18-16(14-8-3-1-4-9-14)20-12-7-13-21-22-17(19)15-10-5-2-6-11-15;;;/h3,6-7,12-13,22-23H,2,4-5,8-11,14-20H2,1H3;3-4,6-9,12-15,23H,2,5,10-11,16-20H2,1H3;1-2,4-7,10-13,20-21H,3,8-9,14-17H2;2,4-5,8-9,13,15H,3,6-7,10-12H2,1H3;1,3-4,8-9,15H,2,5-7,10-13H2;3*1H4. The Bertz CT molecular complexity index is 4680. The molecule has 143 heavy (non-hydrogen) atoms. The fourth-order valence-electron chi connectivity index (χ4n) is 16.8. The fourth-order valence-corrected chi connectivity index (χ4v) is 16.8. The van der Waals surface area contributed by atoms with Crippen LogP contribution < -0.4 is 0 Å². The number of hydrogen-bond acceptors (Lipinski definition) is 28. The zero-order valence-electron chi connectivity index (χ0n) is 81.4. The summed E-state index contributed by atoms with van der Waals surface area (Å²) in [4.78, 5) is 179. The summed E-state index contributed by atoms with van der Waals surface area (Å²) in [6.07, 6.45) is 29.8. The van der Waals surface area contributed by atoms with Gasteiger partial charge in [-0.15, -0.1) is 0 Å². The highest BCUT2D eigenvalue weighted by Gasteiger charge is 2.40. The first-order valence-corrected chi connectivity index (χ1v) is 50.1. The first-order chi connectivity index (χ1) is 68.1. The van der Waals surface area contributed by atoms with Gasteiger partial charge in [0, 0.05) is 6.42 Å². The number of esters is 11. The summed E-state index contributed by atoms with van der Waals surface area (Å²) in [6.45, 7) is 5.76. The van der Waals surface area contributed by atoms with Crippen LogP contribution in [0.25, 0.3) is 0 Å². The van der Waals surface area contributed by atoms with E-state index in [0.717, 1.165) is 180 Å². The van der Waals surface area contributed by atoms with E-state index in [9.17, 15) is 62.3 Å². The van der Waals surface area contributed by atoms with Crippen molar-refractivity contribution < 1.29 is 134 Å². The lowest BCUT2D eigenvalue weighted by Crippen LogP contribution is -2.40. The van der Waals surface area contributed by atoms with Crippen LogP contribution in [0.2, 0.25) is 0 Å². The summed E-state index contributed by atoms with van der Waals surface area (Å²) < 4.78 is 60.3. The SMILES string of the molecule is C.C.C.CC(COC(=O)c1ccccc1)OOC(=O)C1CCCCC1.CCC(COC(=O)c1ccccc1)(COC(=O)C1CCCCC1)COC(=O)C1CCCCC1.CCC(COC(=O)c1ccccc1)(COC(=O)c1ccccc1)COC(=O)C1CCCCC1.O=C(OCC(COC(=O)c1ccccc1)OC(=O)C1CCCCC1)c1ccccc1.O=C(OCCCOOC(=O)C1CCCCC1)c1ccccc1. The Balaban J connectivity index is 0.000000275. The Hall–Kier alpha value is -12.4. The molecule has 0 saturated heterocycles. The number of carbonyl (C=O) groups is 13. The second-order valence-electron chi connectivity index (χ2n) is 36.7. The van der Waals surface area contributed by atoms with Crippen LogP contribution in [0.4, 0.5) is 0 Å². The van der Waals surface area contributed by atoms with E-state index < -0.39 is 58.9 Å². The van der Waals surface area contributed by atoms with E-state index in [1.54, 1.807) is 189 Å². The third kappa shape index (κ3) is 44.1. The molecule has 780 valence electrons. The van der Waals surface area contributed by atoms with Crippen LogP contribution in [0.1, 0.15) is 327 Å². The van der Waals surface area contributed by atoms with E-state index >= 15 is 0 Å². The molecule has 0 heterocycles. The Kier molecular flexibility index (Phi) is 56.7. The summed E-state index contributed by atoms with van der Waals surface area (Å²) in [5, 5.41) is 0. The van der Waals surface area contributed by atoms with Gasteiger partial charge in [-0.05, 0) is 182 Å². The first-order valence-electron chi connectivity index (χ1n) is 50.1. The van der Waals surface area contributed by atoms with E-state index in [-0.39, 0.29) is 172 Å². The molecule has 0 amide bonds. The quantitative estimate of drug-likeness (QED) is 0.0113. The first kappa shape index (κ1) is 119. The third-order valence-electron chi connectivity index (χ3n) is 25.9. The van der Waals surface area contributed by atoms with Gasteiger partial charge in [-0.3, -0.25) is 29.0 Å². The maximum absolute atomic E-state index is 12.7. The molecule has 28 nitrogen and oxygen atoms in total. The molecule has 0 radical (unpaired) electrons. The third-order valence-corrected chi connectivity index (χ3v) is 25.9. The topological polar surface area (TPSA) is 360 Å². The van der Waals surface area contributed by atoms with Gasteiger partial charge >= 0.3 is 77.6 Å². The van der Waals surface area contributed by atoms with E-state index in [0.29, 0.717) is 58.2 Å². The highest BCUT2D eigenvalue weighted by Crippen LogP contribution is 2.35. The lowest BCUT2D eigenvalue weighted by Gasteiger charge is -2.32. The molecule has 0 aliphatic heterocycles. The lowest BCUT2D eigenvalue weighted by molar-refractivity contribution is -0.302. The zero-order chi connectivity index (χ0) is 99.6. The summed E-state index contributed by atoms with van der Waals surface area (Å²) in [5.74, 6) is -5.21. The predicted octanol–water partition coefficient (Wildman–Crippen LogP) is 23.4. The molecule has 28 heteroatoms. The van der Waals surface area contributed by atoms with Crippen LogP contribution >= 0.6 is 0 Å². The van der Waals surface area contributed by atoms with Crippen molar-refractivity contribution in [2.45, 2.75) is 267 Å².